The van der Waals surface area contributed by atoms with Gasteiger partial charge in [0.15, 0.2) is 0 Å². The Kier molecular flexibility index (Phi) is 3.80. The highest BCUT2D eigenvalue weighted by atomic mass is 16.2. The topological polar surface area (TPSA) is 52.6 Å². The first-order valence-corrected chi connectivity index (χ1v) is 7.57. The Bertz CT molecular complexity index is 496. The van der Waals surface area contributed by atoms with Crippen LogP contribution in [0.25, 0.3) is 0 Å². The van der Waals surface area contributed by atoms with E-state index in [1.54, 1.807) is 17.3 Å². The maximum atomic E-state index is 11.9. The lowest BCUT2D eigenvalue weighted by Crippen LogP contribution is -2.65. The smallest absolute Gasteiger partial charge is 0.236 e. The van der Waals surface area contributed by atoms with Gasteiger partial charge in [-0.2, -0.15) is 0 Å². The lowest BCUT2D eigenvalue weighted by atomic mass is 9.76. The lowest BCUT2D eigenvalue weighted by molar-refractivity contribution is -0.136. The molecule has 3 heterocycles. The predicted molar refractivity (Wildman–Crippen MR) is 81.1 cm³/mol. The highest BCUT2D eigenvalue weighted by molar-refractivity contribution is 5.77. The van der Waals surface area contributed by atoms with E-state index in [1.165, 1.54) is 6.42 Å². The van der Waals surface area contributed by atoms with Gasteiger partial charge in [-0.25, -0.2) is 4.98 Å². The fraction of sp³-hybridized carbons (Fsp3) is 0.667. The molecule has 2 aliphatic rings. The molecule has 2 aliphatic heterocycles. The largest absolute Gasteiger partial charge is 0.355 e. The molecule has 1 amide bonds. The van der Waals surface area contributed by atoms with Gasteiger partial charge in [-0.15, -0.1) is 0 Å². The number of piperidine rings is 1. The second-order valence-corrected chi connectivity index (χ2v) is 6.23. The van der Waals surface area contributed by atoms with Crippen LogP contribution in [0.5, 0.6) is 0 Å². The van der Waals surface area contributed by atoms with Crippen molar-refractivity contribution in [2.24, 2.45) is 0 Å². The van der Waals surface area contributed by atoms with E-state index in [4.69, 9.17) is 0 Å². The molecule has 1 aromatic rings. The van der Waals surface area contributed by atoms with Gasteiger partial charge in [-0.1, -0.05) is 0 Å². The number of hydrogen-bond acceptors (Lipinski definition) is 5. The van der Waals surface area contributed by atoms with Gasteiger partial charge in [0.25, 0.3) is 0 Å². The molecule has 114 valence electrons. The van der Waals surface area contributed by atoms with Gasteiger partial charge in [-0.3, -0.25) is 14.7 Å². The quantitative estimate of drug-likeness (QED) is 0.816. The van der Waals surface area contributed by atoms with Crippen molar-refractivity contribution in [3.8, 4) is 0 Å². The van der Waals surface area contributed by atoms with Crippen LogP contribution in [0.1, 0.15) is 19.3 Å². The summed E-state index contributed by atoms with van der Waals surface area (Å²) in [6.07, 6.45) is 8.68. The lowest BCUT2D eigenvalue weighted by Gasteiger charge is -2.56. The van der Waals surface area contributed by atoms with Crippen molar-refractivity contribution in [3.05, 3.63) is 18.6 Å². The van der Waals surface area contributed by atoms with Crippen LogP contribution in [0, 0.1) is 0 Å². The third-order valence-electron chi connectivity index (χ3n) is 4.91. The number of hydrogen-bond donors (Lipinski definition) is 0. The normalized spacial score (nSPS) is 21.1. The maximum absolute atomic E-state index is 11.9. The Morgan fingerprint density at radius 2 is 1.95 bits per heavy atom. The molecule has 2 saturated heterocycles. The van der Waals surface area contributed by atoms with Crippen molar-refractivity contribution >= 4 is 11.7 Å². The number of likely N-dealkylation sites (N-methyl/N-ethyl adjacent to an activating group) is 1. The van der Waals surface area contributed by atoms with E-state index >= 15 is 0 Å². The molecular formula is C15H23N5O. The van der Waals surface area contributed by atoms with E-state index in [1.807, 2.05) is 20.3 Å². The van der Waals surface area contributed by atoms with Gasteiger partial charge in [0, 0.05) is 51.7 Å². The molecule has 2 fully saturated rings. The summed E-state index contributed by atoms with van der Waals surface area (Å²) in [5.74, 6) is 1.16. The number of carbonyl (C=O) groups is 1. The van der Waals surface area contributed by atoms with Crippen LogP contribution in [0.4, 0.5) is 5.82 Å². The molecule has 0 aliphatic carbocycles. The third kappa shape index (κ3) is 2.72. The van der Waals surface area contributed by atoms with Crippen molar-refractivity contribution in [2.75, 3.05) is 45.2 Å². The minimum absolute atomic E-state index is 0.199. The monoisotopic (exact) mass is 289 g/mol. The van der Waals surface area contributed by atoms with Crippen LogP contribution in [0.15, 0.2) is 18.6 Å². The number of anilines is 1. The van der Waals surface area contributed by atoms with Gasteiger partial charge in [-0.05, 0) is 19.3 Å². The van der Waals surface area contributed by atoms with Gasteiger partial charge in [0.2, 0.25) is 5.91 Å². The van der Waals surface area contributed by atoms with Gasteiger partial charge in [0.05, 0.1) is 12.7 Å². The first kappa shape index (κ1) is 14.3. The second-order valence-electron chi connectivity index (χ2n) is 6.23. The molecule has 0 atom stereocenters. The summed E-state index contributed by atoms with van der Waals surface area (Å²) >= 11 is 0. The Labute approximate surface area is 125 Å². The number of likely N-dealkylation sites (tertiary alicyclic amines) is 1. The Balaban J connectivity index is 1.59. The fourth-order valence-corrected chi connectivity index (χ4v) is 3.31. The zero-order valence-electron chi connectivity index (χ0n) is 12.8. The predicted octanol–water partition coefficient (Wildman–Crippen LogP) is 0.609. The van der Waals surface area contributed by atoms with E-state index in [0.717, 1.165) is 38.3 Å². The van der Waals surface area contributed by atoms with Crippen LogP contribution >= 0.6 is 0 Å². The minimum atomic E-state index is 0.199. The molecule has 0 aromatic carbocycles. The number of aromatic nitrogens is 2. The number of carbonyl (C=O) groups excluding carboxylic acids is 1. The highest BCUT2D eigenvalue weighted by Gasteiger charge is 2.47. The molecular weight excluding hydrogens is 266 g/mol. The van der Waals surface area contributed by atoms with E-state index in [0.29, 0.717) is 6.54 Å². The van der Waals surface area contributed by atoms with Gasteiger partial charge < -0.3 is 9.80 Å². The summed E-state index contributed by atoms with van der Waals surface area (Å²) in [4.78, 5) is 26.8. The molecule has 0 saturated carbocycles. The zero-order chi connectivity index (χ0) is 14.9. The maximum Gasteiger partial charge on any atom is 0.236 e. The van der Waals surface area contributed by atoms with E-state index in [-0.39, 0.29) is 11.4 Å². The average Bonchev–Trinajstić information content (AvgIpc) is 2.52. The molecule has 1 spiro atoms. The van der Waals surface area contributed by atoms with E-state index in [2.05, 4.69) is 19.8 Å². The molecule has 21 heavy (non-hydrogen) atoms. The molecule has 0 radical (unpaired) electrons. The molecule has 1 aromatic heterocycles. The minimum Gasteiger partial charge on any atom is -0.355 e. The molecule has 0 bridgehead atoms. The summed E-state index contributed by atoms with van der Waals surface area (Å²) in [6.45, 7) is 3.58. The number of rotatable bonds is 3. The third-order valence-corrected chi connectivity index (χ3v) is 4.91. The summed E-state index contributed by atoms with van der Waals surface area (Å²) in [5, 5.41) is 0. The first-order valence-electron chi connectivity index (χ1n) is 7.57. The van der Waals surface area contributed by atoms with Crippen molar-refractivity contribution in [2.45, 2.75) is 24.8 Å². The van der Waals surface area contributed by atoms with Crippen LogP contribution < -0.4 is 4.90 Å². The van der Waals surface area contributed by atoms with Crippen molar-refractivity contribution < 1.29 is 4.79 Å². The van der Waals surface area contributed by atoms with Crippen LogP contribution in [-0.2, 0) is 4.79 Å². The molecule has 0 unspecified atom stereocenters. The Hall–Kier alpha value is -1.69. The van der Waals surface area contributed by atoms with E-state index < -0.39 is 0 Å². The van der Waals surface area contributed by atoms with Crippen LogP contribution in [0.2, 0.25) is 0 Å². The number of nitrogens with zero attached hydrogens (tertiary/aromatic N) is 5. The first-order chi connectivity index (χ1) is 10.1. The SMILES string of the molecule is CN(C)C(=O)CN1CCC12CCN(c1cnccn1)CC2. The van der Waals surface area contributed by atoms with Crippen molar-refractivity contribution in [1.29, 1.82) is 0 Å². The molecule has 6 heteroatoms. The summed E-state index contributed by atoms with van der Waals surface area (Å²) < 4.78 is 0. The zero-order valence-corrected chi connectivity index (χ0v) is 12.8. The number of amides is 1. The van der Waals surface area contributed by atoms with Crippen molar-refractivity contribution in [1.82, 2.24) is 19.8 Å². The van der Waals surface area contributed by atoms with Crippen LogP contribution in [-0.4, -0.2) is 71.5 Å². The van der Waals surface area contributed by atoms with Crippen molar-refractivity contribution in [3.63, 3.8) is 0 Å². The highest BCUT2D eigenvalue weighted by Crippen LogP contribution is 2.40. The summed E-state index contributed by atoms with van der Waals surface area (Å²) in [7, 11) is 3.65. The standard InChI is InChI=1S/C15H23N5O/c1-18(2)14(21)12-20-10-5-15(20)3-8-19(9-4-15)13-11-16-6-7-17-13/h6-7,11H,3-5,8-10,12H2,1-2H3. The molecule has 3 rings (SSSR count). The summed E-state index contributed by atoms with van der Waals surface area (Å²) in [5.41, 5.74) is 0.240. The Morgan fingerprint density at radius 3 is 2.48 bits per heavy atom. The molecule has 6 nitrogen and oxygen atoms in total. The second kappa shape index (κ2) is 5.60. The summed E-state index contributed by atoms with van der Waals surface area (Å²) in [6, 6.07) is 0. The van der Waals surface area contributed by atoms with E-state index in [9.17, 15) is 4.79 Å². The van der Waals surface area contributed by atoms with Gasteiger partial charge in [0.1, 0.15) is 5.82 Å². The average molecular weight is 289 g/mol. The fourth-order valence-electron chi connectivity index (χ4n) is 3.31. The van der Waals surface area contributed by atoms with Gasteiger partial charge >= 0.3 is 0 Å². The van der Waals surface area contributed by atoms with Crippen LogP contribution in [0.3, 0.4) is 0 Å². The molecule has 0 N–H and O–H groups in total. The Morgan fingerprint density at radius 1 is 1.24 bits per heavy atom.